The molecular weight excluding hydrogens is 136 g/mol. The van der Waals surface area contributed by atoms with Gasteiger partial charge in [0.15, 0.2) is 0 Å². The lowest BCUT2D eigenvalue weighted by Crippen LogP contribution is -2.17. The third-order valence-corrected chi connectivity index (χ3v) is 1.11. The van der Waals surface area contributed by atoms with Crippen molar-refractivity contribution in [2.75, 3.05) is 13.1 Å². The second-order valence-corrected chi connectivity index (χ2v) is 2.16. The van der Waals surface area contributed by atoms with E-state index in [4.69, 9.17) is 0 Å². The first kappa shape index (κ1) is 9.95. The summed E-state index contributed by atoms with van der Waals surface area (Å²) in [6, 6.07) is 0. The van der Waals surface area contributed by atoms with Crippen LogP contribution in [0.25, 0.3) is 0 Å². The Bertz CT molecular complexity index is 128. The van der Waals surface area contributed by atoms with Crippen LogP contribution >= 0.6 is 0 Å². The van der Waals surface area contributed by atoms with Crippen LogP contribution < -0.4 is 0 Å². The number of hydrogen-bond acceptors (Lipinski definition) is 2. The highest BCUT2D eigenvalue weighted by Crippen LogP contribution is 1.89. The number of hydrazone groups is 1. The Balaban J connectivity index is 3.76. The summed E-state index contributed by atoms with van der Waals surface area (Å²) >= 11 is 0. The van der Waals surface area contributed by atoms with Crippen LogP contribution in [-0.4, -0.2) is 24.3 Å². The summed E-state index contributed by atoms with van der Waals surface area (Å²) in [5, 5.41) is 6.09. The van der Waals surface area contributed by atoms with Crippen molar-refractivity contribution >= 4 is 6.21 Å². The number of hydrogen-bond donors (Lipinski definition) is 0. The Kier molecular flexibility index (Phi) is 6.39. The molecule has 2 heteroatoms. The van der Waals surface area contributed by atoms with E-state index in [0.29, 0.717) is 0 Å². The normalized spacial score (nSPS) is 9.91. The first-order valence-electron chi connectivity index (χ1n) is 3.84. The van der Waals surface area contributed by atoms with Crippen molar-refractivity contribution in [2.45, 2.75) is 13.3 Å². The molecule has 0 saturated heterocycles. The first-order chi connectivity index (χ1) is 5.35. The van der Waals surface area contributed by atoms with Crippen LogP contribution in [0.1, 0.15) is 13.3 Å². The molecule has 0 unspecified atom stereocenters. The first-order valence-corrected chi connectivity index (χ1v) is 3.84. The highest BCUT2D eigenvalue weighted by molar-refractivity contribution is 5.56. The van der Waals surface area contributed by atoms with Crippen molar-refractivity contribution in [3.63, 3.8) is 0 Å². The lowest BCUT2D eigenvalue weighted by Gasteiger charge is -2.13. The Morgan fingerprint density at radius 1 is 1.27 bits per heavy atom. The summed E-state index contributed by atoms with van der Waals surface area (Å²) in [4.78, 5) is 0. The van der Waals surface area contributed by atoms with Crippen LogP contribution in [0, 0.1) is 0 Å². The molecule has 0 spiro atoms. The van der Waals surface area contributed by atoms with Gasteiger partial charge in [-0.25, -0.2) is 0 Å². The third kappa shape index (κ3) is 5.40. The molecule has 0 saturated carbocycles. The van der Waals surface area contributed by atoms with E-state index in [-0.39, 0.29) is 0 Å². The van der Waals surface area contributed by atoms with Gasteiger partial charge in [0.05, 0.1) is 13.1 Å². The van der Waals surface area contributed by atoms with Crippen LogP contribution in [0.2, 0.25) is 0 Å². The van der Waals surface area contributed by atoms with Crippen LogP contribution in [0.4, 0.5) is 0 Å². The average molecular weight is 152 g/mol. The summed E-state index contributed by atoms with van der Waals surface area (Å²) < 4.78 is 0. The third-order valence-electron chi connectivity index (χ3n) is 1.11. The second-order valence-electron chi connectivity index (χ2n) is 2.16. The fraction of sp³-hybridized carbons (Fsp3) is 0.444. The molecule has 0 aromatic carbocycles. The van der Waals surface area contributed by atoms with E-state index in [2.05, 4.69) is 25.2 Å². The molecule has 0 radical (unpaired) electrons. The number of nitrogens with zero attached hydrogens (tertiary/aromatic N) is 2. The van der Waals surface area contributed by atoms with Crippen molar-refractivity contribution in [3.8, 4) is 0 Å². The molecule has 2 nitrogen and oxygen atoms in total. The molecule has 0 bridgehead atoms. The zero-order valence-electron chi connectivity index (χ0n) is 7.16. The van der Waals surface area contributed by atoms with Gasteiger partial charge in [0.1, 0.15) is 0 Å². The maximum atomic E-state index is 4.19. The lowest BCUT2D eigenvalue weighted by molar-refractivity contribution is 0.357. The van der Waals surface area contributed by atoms with Gasteiger partial charge in [0, 0.05) is 6.21 Å². The monoisotopic (exact) mass is 152 g/mol. The Labute approximate surface area is 68.9 Å². The molecule has 0 aliphatic carbocycles. The van der Waals surface area contributed by atoms with Gasteiger partial charge >= 0.3 is 0 Å². The van der Waals surface area contributed by atoms with Gasteiger partial charge < -0.3 is 0 Å². The number of rotatable bonds is 6. The van der Waals surface area contributed by atoms with Crippen LogP contribution in [0.3, 0.4) is 0 Å². The molecule has 0 amide bonds. The highest BCUT2D eigenvalue weighted by Gasteiger charge is 1.90. The van der Waals surface area contributed by atoms with Gasteiger partial charge in [0.25, 0.3) is 0 Å². The molecule has 0 aromatic rings. The van der Waals surface area contributed by atoms with Crippen molar-refractivity contribution in [1.29, 1.82) is 0 Å². The van der Waals surface area contributed by atoms with Gasteiger partial charge in [-0.15, -0.1) is 13.2 Å². The summed E-state index contributed by atoms with van der Waals surface area (Å²) in [5.74, 6) is 0. The molecule has 0 aliphatic rings. The molecule has 0 rings (SSSR count). The van der Waals surface area contributed by atoms with Crippen molar-refractivity contribution in [2.24, 2.45) is 5.10 Å². The van der Waals surface area contributed by atoms with E-state index in [9.17, 15) is 0 Å². The second kappa shape index (κ2) is 7.06. The summed E-state index contributed by atoms with van der Waals surface area (Å²) in [6.45, 7) is 10.9. The topological polar surface area (TPSA) is 15.6 Å². The van der Waals surface area contributed by atoms with Gasteiger partial charge in [0.2, 0.25) is 0 Å². The minimum absolute atomic E-state index is 0.780. The van der Waals surface area contributed by atoms with Crippen molar-refractivity contribution in [1.82, 2.24) is 5.01 Å². The van der Waals surface area contributed by atoms with Gasteiger partial charge in [-0.3, -0.25) is 5.01 Å². The fourth-order valence-electron chi connectivity index (χ4n) is 0.664. The van der Waals surface area contributed by atoms with Crippen molar-refractivity contribution in [3.05, 3.63) is 25.3 Å². The molecular formula is C9H16N2. The maximum Gasteiger partial charge on any atom is 0.0542 e. The zero-order valence-corrected chi connectivity index (χ0v) is 7.16. The summed E-state index contributed by atoms with van der Waals surface area (Å²) in [6.07, 6.45) is 6.50. The molecule has 0 aromatic heterocycles. The summed E-state index contributed by atoms with van der Waals surface area (Å²) in [5.41, 5.74) is 0. The molecule has 11 heavy (non-hydrogen) atoms. The van der Waals surface area contributed by atoms with E-state index in [0.717, 1.165) is 19.5 Å². The molecule has 62 valence electrons. The lowest BCUT2D eigenvalue weighted by atomic mass is 10.5. The van der Waals surface area contributed by atoms with Crippen LogP contribution in [-0.2, 0) is 0 Å². The molecule has 0 aliphatic heterocycles. The van der Waals surface area contributed by atoms with E-state index in [1.54, 1.807) is 0 Å². The van der Waals surface area contributed by atoms with E-state index in [1.807, 2.05) is 23.4 Å². The van der Waals surface area contributed by atoms with Crippen LogP contribution in [0.15, 0.2) is 30.4 Å². The van der Waals surface area contributed by atoms with E-state index in [1.165, 1.54) is 0 Å². The fourth-order valence-corrected chi connectivity index (χ4v) is 0.664. The smallest absolute Gasteiger partial charge is 0.0542 e. The predicted octanol–water partition coefficient (Wildman–Crippen LogP) is 2.06. The van der Waals surface area contributed by atoms with Gasteiger partial charge in [-0.05, 0) is 6.42 Å². The van der Waals surface area contributed by atoms with E-state index < -0.39 is 0 Å². The predicted molar refractivity (Wildman–Crippen MR) is 50.8 cm³/mol. The Morgan fingerprint density at radius 3 is 2.18 bits per heavy atom. The molecule has 0 N–H and O–H groups in total. The minimum Gasteiger partial charge on any atom is -0.290 e. The molecule has 0 fully saturated rings. The maximum absolute atomic E-state index is 4.19. The standard InChI is InChI=1S/C9H16N2/c1-4-7-10-11(8-5-2)9-6-3/h5-7H,2-4,8-9H2,1H3/b10-7-. The largest absolute Gasteiger partial charge is 0.290 e. The van der Waals surface area contributed by atoms with Gasteiger partial charge in [-0.1, -0.05) is 19.1 Å². The van der Waals surface area contributed by atoms with Gasteiger partial charge in [-0.2, -0.15) is 5.10 Å². The quantitative estimate of drug-likeness (QED) is 0.323. The zero-order chi connectivity index (χ0) is 8.53. The molecule has 0 atom stereocenters. The Hall–Kier alpha value is -1.05. The molecule has 0 heterocycles. The highest BCUT2D eigenvalue weighted by atomic mass is 15.4. The summed E-state index contributed by atoms with van der Waals surface area (Å²) in [7, 11) is 0. The van der Waals surface area contributed by atoms with Crippen LogP contribution in [0.5, 0.6) is 0 Å². The minimum atomic E-state index is 0.780. The Morgan fingerprint density at radius 2 is 1.82 bits per heavy atom. The SMILES string of the molecule is C=CCN(CC=C)/N=C\CC. The van der Waals surface area contributed by atoms with E-state index >= 15 is 0 Å². The average Bonchev–Trinajstić information content (AvgIpc) is 2.01. The van der Waals surface area contributed by atoms with Crippen molar-refractivity contribution < 1.29 is 0 Å².